The minimum Gasteiger partial charge on any atom is -0.550 e. The molecule has 0 aromatic rings. The number of aliphatic carboxylic acids is 2. The van der Waals surface area contributed by atoms with Gasteiger partial charge in [0.05, 0.1) is 11.7 Å². The zero-order valence-corrected chi connectivity index (χ0v) is 25.7. The minimum atomic E-state index is -1.19. The first kappa shape index (κ1) is 28.1. The van der Waals surface area contributed by atoms with Crippen molar-refractivity contribution in [2.24, 2.45) is 28.6 Å². The SMILES string of the molecule is C[C@]12CCC(=O)C=C1C[C@@H](C(=O)[O-])C1C3CC[C@@](O)(CCC(=O)[O-])[C@@]3(C)C[C@H]3O[C@@]132.[K+].[K+]. The summed E-state index contributed by atoms with van der Waals surface area (Å²) in [5.41, 5.74) is -2.00. The topological polar surface area (TPSA) is 130 Å². The van der Waals surface area contributed by atoms with Gasteiger partial charge in [-0.25, -0.2) is 0 Å². The summed E-state index contributed by atoms with van der Waals surface area (Å²) in [7, 11) is 0. The van der Waals surface area contributed by atoms with Crippen LogP contribution in [0.3, 0.4) is 0 Å². The molecule has 1 aliphatic heterocycles. The van der Waals surface area contributed by atoms with E-state index in [1.807, 2.05) is 6.92 Å². The number of hydrogen-bond acceptors (Lipinski definition) is 7. The van der Waals surface area contributed by atoms with Crippen molar-refractivity contribution in [2.75, 3.05) is 0 Å². The summed E-state index contributed by atoms with van der Waals surface area (Å²) < 4.78 is 6.40. The van der Waals surface area contributed by atoms with E-state index < -0.39 is 39.9 Å². The smallest absolute Gasteiger partial charge is 0.550 e. The van der Waals surface area contributed by atoms with Gasteiger partial charge in [0.1, 0.15) is 5.60 Å². The van der Waals surface area contributed by atoms with Crippen molar-refractivity contribution in [3.63, 3.8) is 0 Å². The van der Waals surface area contributed by atoms with Crippen LogP contribution in [-0.2, 0) is 19.1 Å². The summed E-state index contributed by atoms with van der Waals surface area (Å²) >= 11 is 0. The molecule has 0 bridgehead atoms. The average Bonchev–Trinajstić information content (AvgIpc) is 3.32. The number of carbonyl (C=O) groups is 3. The summed E-state index contributed by atoms with van der Waals surface area (Å²) in [4.78, 5) is 35.4. The first-order valence-corrected chi connectivity index (χ1v) is 11.0. The molecule has 7 nitrogen and oxygen atoms in total. The van der Waals surface area contributed by atoms with E-state index in [1.54, 1.807) is 6.08 Å². The number of fused-ring (bicyclic) bond motifs is 3. The second kappa shape index (κ2) is 9.13. The van der Waals surface area contributed by atoms with Gasteiger partial charge < -0.3 is 29.6 Å². The molecule has 4 fully saturated rings. The molecule has 1 spiro atoms. The number of rotatable bonds is 4. The molecule has 9 heteroatoms. The molecule has 2 unspecified atom stereocenters. The molecule has 0 aromatic heterocycles. The number of aliphatic hydroxyl groups is 1. The van der Waals surface area contributed by atoms with E-state index >= 15 is 0 Å². The fraction of sp³-hybridized carbons (Fsp3) is 0.783. The molecule has 1 N–H and O–H groups in total. The number of hydrogen-bond donors (Lipinski definition) is 1. The fourth-order valence-electron chi connectivity index (χ4n) is 8.07. The zero-order chi connectivity index (χ0) is 21.7. The van der Waals surface area contributed by atoms with Gasteiger partial charge in [0.25, 0.3) is 0 Å². The summed E-state index contributed by atoms with van der Waals surface area (Å²) in [5.74, 6) is -3.51. The molecule has 5 aliphatic rings. The van der Waals surface area contributed by atoms with Crippen molar-refractivity contribution in [1.82, 2.24) is 0 Å². The standard InChI is InChI=1S/C23H30O7.2K/c1-20-6-3-13(24)9-12(20)10-14(19(27)28)18-15-4-7-22(29,8-5-17(25)26)21(15,2)11-16-23(18,20)30-16;;/h9,14-16,18,29H,3-8,10-11H2,1-2H3,(H,25,26)(H,27,28);;/q;2*+1/p-2/t14-,15?,16-,18?,20+,21+,22-,23-;;/m1../s1. The summed E-state index contributed by atoms with van der Waals surface area (Å²) in [6.07, 6.45) is 4.27. The van der Waals surface area contributed by atoms with Crippen LogP contribution in [0.25, 0.3) is 0 Å². The molecule has 0 aromatic carbocycles. The predicted octanol–water partition coefficient (Wildman–Crippen LogP) is -6.11. The van der Waals surface area contributed by atoms with Crippen LogP contribution < -0.4 is 113 Å². The second-order valence-corrected chi connectivity index (χ2v) is 10.7. The quantitative estimate of drug-likeness (QED) is 0.304. The maximum atomic E-state index is 12.3. The normalized spacial score (nSPS) is 48.0. The molecule has 5 rings (SSSR count). The molecule has 3 saturated carbocycles. The van der Waals surface area contributed by atoms with E-state index in [4.69, 9.17) is 4.74 Å². The molecule has 4 aliphatic carbocycles. The predicted molar refractivity (Wildman–Crippen MR) is 99.3 cm³/mol. The number of carboxylic acids is 2. The molecule has 164 valence electrons. The number of epoxide rings is 1. The van der Waals surface area contributed by atoms with E-state index in [0.29, 0.717) is 32.1 Å². The van der Waals surface area contributed by atoms with E-state index in [1.165, 1.54) is 0 Å². The number of ketones is 1. The van der Waals surface area contributed by atoms with E-state index in [-0.39, 0.29) is 146 Å². The van der Waals surface area contributed by atoms with Crippen LogP contribution in [-0.4, -0.2) is 40.1 Å². The molecule has 0 radical (unpaired) electrons. The largest absolute Gasteiger partial charge is 1.00 e. The third-order valence-electron chi connectivity index (χ3n) is 9.74. The maximum Gasteiger partial charge on any atom is 1.00 e. The van der Waals surface area contributed by atoms with Crippen LogP contribution in [0.4, 0.5) is 0 Å². The van der Waals surface area contributed by atoms with Crippen LogP contribution >= 0.6 is 0 Å². The van der Waals surface area contributed by atoms with Gasteiger partial charge >= 0.3 is 103 Å². The Bertz CT molecular complexity index is 890. The molecule has 1 saturated heterocycles. The van der Waals surface area contributed by atoms with Gasteiger partial charge in [-0.3, -0.25) is 4.79 Å². The Morgan fingerprint density at radius 2 is 1.91 bits per heavy atom. The van der Waals surface area contributed by atoms with Crippen molar-refractivity contribution in [3.8, 4) is 0 Å². The zero-order valence-electron chi connectivity index (χ0n) is 19.4. The van der Waals surface area contributed by atoms with Crippen LogP contribution in [0.1, 0.15) is 65.2 Å². The third-order valence-corrected chi connectivity index (χ3v) is 9.74. The monoisotopic (exact) mass is 494 g/mol. The molecule has 1 heterocycles. The molecular formula is C23H28K2O7. The van der Waals surface area contributed by atoms with Crippen LogP contribution in [0.2, 0.25) is 0 Å². The van der Waals surface area contributed by atoms with Gasteiger partial charge in [0.15, 0.2) is 5.78 Å². The molecule has 32 heavy (non-hydrogen) atoms. The van der Waals surface area contributed by atoms with Crippen molar-refractivity contribution in [3.05, 3.63) is 11.6 Å². The fourth-order valence-corrected chi connectivity index (χ4v) is 8.07. The van der Waals surface area contributed by atoms with Crippen LogP contribution in [0.5, 0.6) is 0 Å². The third kappa shape index (κ3) is 3.67. The number of carbonyl (C=O) groups excluding carboxylic acids is 3. The van der Waals surface area contributed by atoms with E-state index in [9.17, 15) is 29.7 Å². The van der Waals surface area contributed by atoms with Crippen molar-refractivity contribution in [2.45, 2.75) is 82.5 Å². The summed E-state index contributed by atoms with van der Waals surface area (Å²) in [5, 5.41) is 34.8. The van der Waals surface area contributed by atoms with Gasteiger partial charge in [0.2, 0.25) is 0 Å². The van der Waals surface area contributed by atoms with Gasteiger partial charge in [-0.15, -0.1) is 0 Å². The van der Waals surface area contributed by atoms with Crippen molar-refractivity contribution in [1.29, 1.82) is 0 Å². The van der Waals surface area contributed by atoms with Gasteiger partial charge in [0, 0.05) is 41.0 Å². The Hall–Kier alpha value is 1.54. The Labute approximate surface area is 273 Å². The van der Waals surface area contributed by atoms with E-state index in [2.05, 4.69) is 6.92 Å². The summed E-state index contributed by atoms with van der Waals surface area (Å²) in [6, 6.07) is 0. The first-order chi connectivity index (χ1) is 14.0. The van der Waals surface area contributed by atoms with Crippen LogP contribution in [0.15, 0.2) is 11.6 Å². The van der Waals surface area contributed by atoms with Gasteiger partial charge in [-0.05, 0) is 56.9 Å². The second-order valence-electron chi connectivity index (χ2n) is 10.7. The Balaban J connectivity index is 0.00000144. The number of carboxylic acid groups (broad SMARTS) is 2. The maximum absolute atomic E-state index is 12.3. The van der Waals surface area contributed by atoms with Crippen molar-refractivity contribution < 1.29 is 137 Å². The Kier molecular flexibility index (Phi) is 8.03. The van der Waals surface area contributed by atoms with Crippen molar-refractivity contribution >= 4 is 17.7 Å². The molecule has 0 amide bonds. The van der Waals surface area contributed by atoms with E-state index in [0.717, 1.165) is 5.57 Å². The molecular weight excluding hydrogens is 466 g/mol. The van der Waals surface area contributed by atoms with Gasteiger partial charge in [-0.1, -0.05) is 19.4 Å². The number of ether oxygens (including phenoxy) is 1. The first-order valence-electron chi connectivity index (χ1n) is 11.0. The minimum absolute atomic E-state index is 0. The van der Waals surface area contributed by atoms with Gasteiger partial charge in [-0.2, -0.15) is 0 Å². The Morgan fingerprint density at radius 3 is 2.53 bits per heavy atom. The van der Waals surface area contributed by atoms with Crippen LogP contribution in [0, 0.1) is 28.6 Å². The average molecular weight is 495 g/mol. The Morgan fingerprint density at radius 1 is 1.22 bits per heavy atom. The summed E-state index contributed by atoms with van der Waals surface area (Å²) in [6.45, 7) is 4.07. The molecule has 8 atom stereocenters.